The van der Waals surface area contributed by atoms with Gasteiger partial charge in [0.2, 0.25) is 0 Å². The summed E-state index contributed by atoms with van der Waals surface area (Å²) in [6, 6.07) is 0. The van der Waals surface area contributed by atoms with Crippen molar-refractivity contribution >= 4 is 11.6 Å². The van der Waals surface area contributed by atoms with Gasteiger partial charge in [0, 0.05) is 31.2 Å². The number of hydrogen-bond acceptors (Lipinski definition) is 5. The average molecular weight is 229 g/mol. The zero-order valence-corrected chi connectivity index (χ0v) is 9.56. The van der Waals surface area contributed by atoms with Crippen molar-refractivity contribution in [1.82, 2.24) is 9.97 Å². The first-order valence-electron chi connectivity index (χ1n) is 5.85. The minimum Gasteiger partial charge on any atom is -0.336 e. The molecule has 0 fully saturated rings. The summed E-state index contributed by atoms with van der Waals surface area (Å²) in [7, 11) is 0. The summed E-state index contributed by atoms with van der Waals surface area (Å²) < 4.78 is 0. The number of nitrogens with one attached hydrogen (secondary N) is 1. The van der Waals surface area contributed by atoms with Gasteiger partial charge in [-0.2, -0.15) is 0 Å². The van der Waals surface area contributed by atoms with Gasteiger partial charge in [0.05, 0.1) is 5.70 Å². The van der Waals surface area contributed by atoms with Crippen LogP contribution in [-0.4, -0.2) is 23.1 Å². The molecule has 0 saturated carbocycles. The summed E-state index contributed by atoms with van der Waals surface area (Å²) in [6.45, 7) is 1.39. The molecule has 5 nitrogen and oxygen atoms in total. The van der Waals surface area contributed by atoms with E-state index in [0.717, 1.165) is 36.7 Å². The van der Waals surface area contributed by atoms with Gasteiger partial charge >= 0.3 is 0 Å². The van der Waals surface area contributed by atoms with Gasteiger partial charge in [0.15, 0.2) is 11.6 Å². The normalized spacial score (nSPS) is 17.6. The van der Waals surface area contributed by atoms with Crippen molar-refractivity contribution in [2.24, 2.45) is 5.73 Å². The van der Waals surface area contributed by atoms with Crippen LogP contribution in [0.3, 0.4) is 0 Å². The van der Waals surface area contributed by atoms with Gasteiger partial charge in [-0.05, 0) is 18.9 Å². The van der Waals surface area contributed by atoms with E-state index in [1.807, 2.05) is 0 Å². The van der Waals surface area contributed by atoms with Crippen LogP contribution in [0.5, 0.6) is 0 Å². The minimum atomic E-state index is 0.608. The van der Waals surface area contributed by atoms with Gasteiger partial charge in [-0.25, -0.2) is 9.97 Å². The first-order valence-corrected chi connectivity index (χ1v) is 5.85. The molecule has 0 amide bonds. The van der Waals surface area contributed by atoms with Gasteiger partial charge in [-0.1, -0.05) is 6.08 Å². The second-order valence-corrected chi connectivity index (χ2v) is 4.10. The third-order valence-electron chi connectivity index (χ3n) is 3.01. The number of aromatic nitrogens is 2. The molecule has 1 aromatic rings. The topological polar surface area (TPSA) is 67.1 Å². The Labute approximate surface area is 100 Å². The molecule has 3 rings (SSSR count). The van der Waals surface area contributed by atoms with Crippen molar-refractivity contribution in [1.29, 1.82) is 0 Å². The zero-order chi connectivity index (χ0) is 11.7. The average Bonchev–Trinajstić information content (AvgIpc) is 2.39. The maximum atomic E-state index is 5.69. The predicted octanol–water partition coefficient (Wildman–Crippen LogP) is 1.23. The molecule has 0 atom stereocenters. The number of allylic oxidation sites excluding steroid dienone is 3. The van der Waals surface area contributed by atoms with Crippen LogP contribution in [0, 0.1) is 0 Å². The van der Waals surface area contributed by atoms with E-state index in [1.54, 1.807) is 12.4 Å². The molecule has 0 aromatic carbocycles. The van der Waals surface area contributed by atoms with E-state index in [1.165, 1.54) is 5.70 Å². The maximum absolute atomic E-state index is 5.69. The lowest BCUT2D eigenvalue weighted by Gasteiger charge is -2.34. The van der Waals surface area contributed by atoms with E-state index in [9.17, 15) is 0 Å². The van der Waals surface area contributed by atoms with E-state index < -0.39 is 0 Å². The van der Waals surface area contributed by atoms with Crippen LogP contribution in [0.2, 0.25) is 0 Å². The highest BCUT2D eigenvalue weighted by molar-refractivity contribution is 5.72. The Morgan fingerprint density at radius 2 is 2.24 bits per heavy atom. The van der Waals surface area contributed by atoms with Crippen LogP contribution in [0.25, 0.3) is 0 Å². The Hall–Kier alpha value is -1.88. The summed E-state index contributed by atoms with van der Waals surface area (Å²) in [6.07, 6.45) is 9.79. The van der Waals surface area contributed by atoms with Crippen molar-refractivity contribution in [3.05, 3.63) is 35.9 Å². The molecule has 0 radical (unpaired) electrons. The van der Waals surface area contributed by atoms with Crippen molar-refractivity contribution in [2.45, 2.75) is 12.8 Å². The molecular formula is C12H15N5. The molecule has 5 heteroatoms. The standard InChI is InChI=1S/C12H15N5/c13-5-8-17-10-4-2-1-3-9(10)16-11-12(17)15-7-6-14-11/h1,3,6-7H,2,4-5,8,13H2,(H,14,16). The van der Waals surface area contributed by atoms with E-state index in [-0.39, 0.29) is 0 Å². The van der Waals surface area contributed by atoms with Crippen LogP contribution in [0.1, 0.15) is 12.8 Å². The summed E-state index contributed by atoms with van der Waals surface area (Å²) >= 11 is 0. The monoisotopic (exact) mass is 229 g/mol. The Bertz CT molecular complexity index is 491. The lowest BCUT2D eigenvalue weighted by Crippen LogP contribution is -2.35. The first-order chi connectivity index (χ1) is 8.40. The minimum absolute atomic E-state index is 0.608. The van der Waals surface area contributed by atoms with Gasteiger partial charge in [0.25, 0.3) is 0 Å². The molecule has 2 aliphatic rings. The second-order valence-electron chi connectivity index (χ2n) is 4.10. The molecule has 1 aliphatic carbocycles. The fourth-order valence-electron chi connectivity index (χ4n) is 2.29. The first kappa shape index (κ1) is 10.3. The Balaban J connectivity index is 2.07. The Kier molecular flexibility index (Phi) is 2.53. The molecule has 0 spiro atoms. The van der Waals surface area contributed by atoms with Crippen LogP contribution in [0.4, 0.5) is 11.6 Å². The van der Waals surface area contributed by atoms with Crippen molar-refractivity contribution in [3.63, 3.8) is 0 Å². The molecule has 0 saturated heterocycles. The number of rotatable bonds is 2. The second kappa shape index (κ2) is 4.18. The SMILES string of the molecule is NCCN1C2=C(C=CCC2)Nc2nccnc21. The van der Waals surface area contributed by atoms with E-state index in [4.69, 9.17) is 5.73 Å². The third-order valence-corrected chi connectivity index (χ3v) is 3.01. The highest BCUT2D eigenvalue weighted by Gasteiger charge is 2.26. The largest absolute Gasteiger partial charge is 0.336 e. The molecule has 3 N–H and O–H groups in total. The third kappa shape index (κ3) is 1.68. The molecule has 2 heterocycles. The summed E-state index contributed by atoms with van der Waals surface area (Å²) in [5, 5.41) is 3.32. The van der Waals surface area contributed by atoms with Gasteiger partial charge in [0.1, 0.15) is 0 Å². The summed E-state index contributed by atoms with van der Waals surface area (Å²) in [4.78, 5) is 10.9. The highest BCUT2D eigenvalue weighted by atomic mass is 15.3. The number of anilines is 2. The Morgan fingerprint density at radius 3 is 3.12 bits per heavy atom. The van der Waals surface area contributed by atoms with Crippen LogP contribution >= 0.6 is 0 Å². The lowest BCUT2D eigenvalue weighted by atomic mass is 10.0. The highest BCUT2D eigenvalue weighted by Crippen LogP contribution is 2.35. The van der Waals surface area contributed by atoms with Crippen LogP contribution in [0.15, 0.2) is 35.9 Å². The van der Waals surface area contributed by atoms with Gasteiger partial charge in [-0.15, -0.1) is 0 Å². The van der Waals surface area contributed by atoms with Crippen molar-refractivity contribution < 1.29 is 0 Å². The molecule has 88 valence electrons. The number of nitrogens with zero attached hydrogens (tertiary/aromatic N) is 3. The fourth-order valence-corrected chi connectivity index (χ4v) is 2.29. The number of fused-ring (bicyclic) bond motifs is 1. The van der Waals surface area contributed by atoms with E-state index in [2.05, 4.69) is 32.3 Å². The molecule has 1 aliphatic heterocycles. The molecule has 0 unspecified atom stereocenters. The van der Waals surface area contributed by atoms with Crippen LogP contribution in [-0.2, 0) is 0 Å². The smallest absolute Gasteiger partial charge is 0.176 e. The van der Waals surface area contributed by atoms with E-state index in [0.29, 0.717) is 6.54 Å². The number of nitrogens with two attached hydrogens (primary N) is 1. The summed E-state index contributed by atoms with van der Waals surface area (Å²) in [5.74, 6) is 1.69. The molecular weight excluding hydrogens is 214 g/mol. The zero-order valence-electron chi connectivity index (χ0n) is 9.56. The van der Waals surface area contributed by atoms with Gasteiger partial charge < -0.3 is 16.0 Å². The summed E-state index contributed by atoms with van der Waals surface area (Å²) in [5.41, 5.74) is 8.08. The quantitative estimate of drug-likeness (QED) is 0.798. The predicted molar refractivity (Wildman–Crippen MR) is 67.5 cm³/mol. The Morgan fingerprint density at radius 1 is 1.35 bits per heavy atom. The molecule has 0 bridgehead atoms. The fraction of sp³-hybridized carbons (Fsp3) is 0.333. The molecule has 1 aromatic heterocycles. The van der Waals surface area contributed by atoms with Gasteiger partial charge in [-0.3, -0.25) is 0 Å². The number of hydrogen-bond donors (Lipinski definition) is 2. The lowest BCUT2D eigenvalue weighted by molar-refractivity contribution is 0.780. The maximum Gasteiger partial charge on any atom is 0.176 e. The van der Waals surface area contributed by atoms with Crippen molar-refractivity contribution in [2.75, 3.05) is 23.3 Å². The molecule has 17 heavy (non-hydrogen) atoms. The van der Waals surface area contributed by atoms with Crippen LogP contribution < -0.4 is 16.0 Å². The van der Waals surface area contributed by atoms with Crippen molar-refractivity contribution in [3.8, 4) is 0 Å². The van der Waals surface area contributed by atoms with E-state index >= 15 is 0 Å².